The van der Waals surface area contributed by atoms with Crippen LogP contribution in [0.4, 0.5) is 16.5 Å². The van der Waals surface area contributed by atoms with Gasteiger partial charge in [0.05, 0.1) is 29.8 Å². The molecule has 7 nitrogen and oxygen atoms in total. The summed E-state index contributed by atoms with van der Waals surface area (Å²) in [5, 5.41) is 14.8. The fourth-order valence-electron chi connectivity index (χ4n) is 2.56. The molecule has 1 aromatic heterocycles. The number of anilines is 3. The summed E-state index contributed by atoms with van der Waals surface area (Å²) >= 11 is 2.74. The fourth-order valence-corrected chi connectivity index (χ4v) is 4.47. The molecule has 0 fully saturated rings. The van der Waals surface area contributed by atoms with Crippen molar-refractivity contribution in [3.63, 3.8) is 0 Å². The average Bonchev–Trinajstić information content (AvgIpc) is 3.18. The van der Waals surface area contributed by atoms with Gasteiger partial charge in [-0.2, -0.15) is 0 Å². The molecule has 3 rings (SSSR count). The van der Waals surface area contributed by atoms with Gasteiger partial charge < -0.3 is 20.1 Å². The number of aromatic nitrogens is 2. The molecule has 1 amide bonds. The third-order valence-corrected chi connectivity index (χ3v) is 5.95. The highest BCUT2D eigenvalue weighted by atomic mass is 32.2. The van der Waals surface area contributed by atoms with Crippen LogP contribution in [-0.2, 0) is 4.79 Å². The summed E-state index contributed by atoms with van der Waals surface area (Å²) in [6.07, 6.45) is 0. The predicted octanol–water partition coefficient (Wildman–Crippen LogP) is 5.20. The van der Waals surface area contributed by atoms with E-state index < -0.39 is 0 Å². The molecule has 1 unspecified atom stereocenters. The van der Waals surface area contributed by atoms with Crippen LogP contribution >= 0.6 is 23.1 Å². The minimum atomic E-state index is -0.351. The van der Waals surface area contributed by atoms with Crippen molar-refractivity contribution in [3.05, 3.63) is 48.5 Å². The average molecular weight is 445 g/mol. The third-order valence-electron chi connectivity index (χ3n) is 3.93. The molecule has 0 aliphatic rings. The van der Waals surface area contributed by atoms with Gasteiger partial charge in [0.2, 0.25) is 11.0 Å². The highest BCUT2D eigenvalue weighted by molar-refractivity contribution is 8.02. The van der Waals surface area contributed by atoms with Crippen LogP contribution in [0.15, 0.2) is 52.9 Å². The number of ether oxygens (including phenoxy) is 2. The summed E-state index contributed by atoms with van der Waals surface area (Å²) in [4.78, 5) is 12.6. The van der Waals surface area contributed by atoms with Gasteiger partial charge in [-0.25, -0.2) is 0 Å². The van der Waals surface area contributed by atoms with Gasteiger partial charge >= 0.3 is 0 Å². The van der Waals surface area contributed by atoms with E-state index in [-0.39, 0.29) is 11.2 Å². The Morgan fingerprint density at radius 3 is 2.27 bits per heavy atom. The lowest BCUT2D eigenvalue weighted by atomic mass is 10.3. The first kappa shape index (κ1) is 21.9. The number of carbonyl (C=O) groups is 1. The first-order valence-corrected chi connectivity index (χ1v) is 11.3. The second kappa shape index (κ2) is 10.8. The molecule has 0 saturated heterocycles. The van der Waals surface area contributed by atoms with Crippen LogP contribution in [-0.4, -0.2) is 34.6 Å². The zero-order valence-electron chi connectivity index (χ0n) is 17.0. The number of carbonyl (C=O) groups excluding carboxylic acids is 1. The minimum absolute atomic E-state index is 0.126. The molecule has 158 valence electrons. The standard InChI is InChI=1S/C21H24N4O3S2/c1-4-27-17-12-8-6-10-15(17)22-19(26)14(3)29-21-25-24-20(30-21)23-16-11-7-9-13-18(16)28-5-2/h6-14H,4-5H2,1-3H3,(H,22,26)(H,23,24). The predicted molar refractivity (Wildman–Crippen MR) is 122 cm³/mol. The maximum atomic E-state index is 12.6. The SMILES string of the molecule is CCOc1ccccc1NC(=O)C(C)Sc1nnc(Nc2ccccc2OCC)s1. The molecular formula is C21H24N4O3S2. The highest BCUT2D eigenvalue weighted by Crippen LogP contribution is 2.33. The zero-order chi connectivity index (χ0) is 21.3. The molecule has 2 aromatic carbocycles. The van der Waals surface area contributed by atoms with Crippen LogP contribution < -0.4 is 20.1 Å². The Labute approximate surface area is 184 Å². The smallest absolute Gasteiger partial charge is 0.237 e. The topological polar surface area (TPSA) is 85.4 Å². The highest BCUT2D eigenvalue weighted by Gasteiger charge is 2.19. The van der Waals surface area contributed by atoms with E-state index in [4.69, 9.17) is 9.47 Å². The minimum Gasteiger partial charge on any atom is -0.492 e. The van der Waals surface area contributed by atoms with E-state index in [0.717, 1.165) is 11.4 Å². The Morgan fingerprint density at radius 1 is 1.00 bits per heavy atom. The van der Waals surface area contributed by atoms with E-state index in [9.17, 15) is 4.79 Å². The molecule has 0 aliphatic heterocycles. The molecule has 1 heterocycles. The number of hydrogen-bond acceptors (Lipinski definition) is 8. The molecule has 2 N–H and O–H groups in total. The Bertz CT molecular complexity index is 980. The van der Waals surface area contributed by atoms with Gasteiger partial charge in [-0.1, -0.05) is 47.4 Å². The summed E-state index contributed by atoms with van der Waals surface area (Å²) in [7, 11) is 0. The molecule has 0 radical (unpaired) electrons. The first-order chi connectivity index (χ1) is 14.6. The number of para-hydroxylation sites is 4. The van der Waals surface area contributed by atoms with Crippen molar-refractivity contribution in [1.82, 2.24) is 10.2 Å². The zero-order valence-corrected chi connectivity index (χ0v) is 18.7. The van der Waals surface area contributed by atoms with E-state index in [2.05, 4.69) is 20.8 Å². The molecule has 0 spiro atoms. The second-order valence-corrected chi connectivity index (χ2v) is 8.67. The van der Waals surface area contributed by atoms with Crippen molar-refractivity contribution in [3.8, 4) is 11.5 Å². The summed E-state index contributed by atoms with van der Waals surface area (Å²) in [5.41, 5.74) is 1.48. The Balaban J connectivity index is 1.61. The Morgan fingerprint density at radius 2 is 1.60 bits per heavy atom. The van der Waals surface area contributed by atoms with Crippen molar-refractivity contribution in [2.45, 2.75) is 30.4 Å². The maximum Gasteiger partial charge on any atom is 0.237 e. The van der Waals surface area contributed by atoms with Crippen LogP contribution in [0.1, 0.15) is 20.8 Å². The fraction of sp³-hybridized carbons (Fsp3) is 0.286. The summed E-state index contributed by atoms with van der Waals surface area (Å²) in [5.74, 6) is 1.28. The molecule has 0 bridgehead atoms. The van der Waals surface area contributed by atoms with Crippen LogP contribution in [0, 0.1) is 0 Å². The van der Waals surface area contributed by atoms with Crippen LogP contribution in [0.2, 0.25) is 0 Å². The van der Waals surface area contributed by atoms with Crippen LogP contribution in [0.25, 0.3) is 0 Å². The van der Waals surface area contributed by atoms with Gasteiger partial charge in [0.1, 0.15) is 11.5 Å². The van der Waals surface area contributed by atoms with Crippen LogP contribution in [0.5, 0.6) is 11.5 Å². The van der Waals surface area contributed by atoms with E-state index in [1.165, 1.54) is 23.1 Å². The normalized spacial score (nSPS) is 11.6. The van der Waals surface area contributed by atoms with Gasteiger partial charge in [-0.3, -0.25) is 4.79 Å². The van der Waals surface area contributed by atoms with E-state index in [0.29, 0.717) is 34.1 Å². The van der Waals surface area contributed by atoms with E-state index in [1.807, 2.05) is 69.3 Å². The lowest BCUT2D eigenvalue weighted by Gasteiger charge is -2.13. The third kappa shape index (κ3) is 5.87. The van der Waals surface area contributed by atoms with Crippen molar-refractivity contribution in [2.75, 3.05) is 23.8 Å². The van der Waals surface area contributed by atoms with Crippen molar-refractivity contribution in [2.24, 2.45) is 0 Å². The number of thioether (sulfide) groups is 1. The van der Waals surface area contributed by atoms with E-state index in [1.54, 1.807) is 0 Å². The number of nitrogens with zero attached hydrogens (tertiary/aromatic N) is 2. The number of rotatable bonds is 10. The molecule has 1 atom stereocenters. The van der Waals surface area contributed by atoms with Gasteiger partial charge in [-0.15, -0.1) is 10.2 Å². The van der Waals surface area contributed by atoms with E-state index >= 15 is 0 Å². The van der Waals surface area contributed by atoms with Crippen LogP contribution in [0.3, 0.4) is 0 Å². The molecule has 30 heavy (non-hydrogen) atoms. The first-order valence-electron chi connectivity index (χ1n) is 9.62. The second-order valence-electron chi connectivity index (χ2n) is 6.11. The molecular weight excluding hydrogens is 420 g/mol. The van der Waals surface area contributed by atoms with Gasteiger partial charge in [0, 0.05) is 0 Å². The van der Waals surface area contributed by atoms with Gasteiger partial charge in [0.25, 0.3) is 0 Å². The maximum absolute atomic E-state index is 12.6. The lowest BCUT2D eigenvalue weighted by molar-refractivity contribution is -0.115. The monoisotopic (exact) mass is 444 g/mol. The number of amides is 1. The summed E-state index contributed by atoms with van der Waals surface area (Å²) in [6, 6.07) is 15.1. The molecule has 3 aromatic rings. The number of hydrogen-bond donors (Lipinski definition) is 2. The molecule has 9 heteroatoms. The quantitative estimate of drug-likeness (QED) is 0.416. The van der Waals surface area contributed by atoms with Crippen molar-refractivity contribution in [1.29, 1.82) is 0 Å². The Hall–Kier alpha value is -2.78. The number of nitrogens with one attached hydrogen (secondary N) is 2. The Kier molecular flexibility index (Phi) is 7.92. The van der Waals surface area contributed by atoms with Gasteiger partial charge in [0.15, 0.2) is 4.34 Å². The number of benzene rings is 2. The summed E-state index contributed by atoms with van der Waals surface area (Å²) < 4.78 is 11.9. The van der Waals surface area contributed by atoms with Crippen molar-refractivity contribution >= 4 is 45.5 Å². The van der Waals surface area contributed by atoms with Crippen molar-refractivity contribution < 1.29 is 14.3 Å². The van der Waals surface area contributed by atoms with Gasteiger partial charge in [-0.05, 0) is 45.0 Å². The summed E-state index contributed by atoms with van der Waals surface area (Å²) in [6.45, 7) is 6.79. The molecule has 0 aliphatic carbocycles. The molecule has 0 saturated carbocycles. The largest absolute Gasteiger partial charge is 0.492 e. The lowest BCUT2D eigenvalue weighted by Crippen LogP contribution is -2.22.